The normalized spacial score (nSPS) is 12.9. The summed E-state index contributed by atoms with van der Waals surface area (Å²) < 4.78 is 1.22. The van der Waals surface area contributed by atoms with E-state index >= 15 is 0 Å². The highest BCUT2D eigenvalue weighted by atomic mass is 32.1. The molecule has 15 heavy (non-hydrogen) atoms. The number of hydrogen-bond donors (Lipinski definition) is 2. The van der Waals surface area contributed by atoms with Crippen LogP contribution in [-0.2, 0) is 0 Å². The van der Waals surface area contributed by atoms with Gasteiger partial charge in [0.15, 0.2) is 0 Å². The van der Waals surface area contributed by atoms with Crippen molar-refractivity contribution in [2.45, 2.75) is 19.4 Å². The molecular formula is C11H14N2OS. The molecule has 0 saturated heterocycles. The van der Waals surface area contributed by atoms with E-state index in [1.807, 2.05) is 24.4 Å². The number of thiophene rings is 1. The van der Waals surface area contributed by atoms with Gasteiger partial charge < -0.3 is 10.4 Å². The van der Waals surface area contributed by atoms with Crippen LogP contribution in [0.1, 0.15) is 13.3 Å². The second-order valence-corrected chi connectivity index (χ2v) is 4.38. The first-order valence-corrected chi connectivity index (χ1v) is 5.93. The zero-order valence-electron chi connectivity index (χ0n) is 8.60. The van der Waals surface area contributed by atoms with E-state index in [-0.39, 0.29) is 6.10 Å². The van der Waals surface area contributed by atoms with Gasteiger partial charge in [-0.05, 0) is 23.9 Å². The van der Waals surface area contributed by atoms with Crippen LogP contribution < -0.4 is 5.32 Å². The number of pyridine rings is 1. The van der Waals surface area contributed by atoms with Crippen molar-refractivity contribution >= 4 is 27.2 Å². The van der Waals surface area contributed by atoms with Gasteiger partial charge >= 0.3 is 0 Å². The lowest BCUT2D eigenvalue weighted by Crippen LogP contribution is -2.18. The summed E-state index contributed by atoms with van der Waals surface area (Å²) in [7, 11) is 0. The van der Waals surface area contributed by atoms with Gasteiger partial charge in [0.05, 0.1) is 6.10 Å². The highest BCUT2D eigenvalue weighted by molar-refractivity contribution is 7.17. The lowest BCUT2D eigenvalue weighted by Gasteiger charge is -2.10. The molecule has 0 aliphatic rings. The average molecular weight is 222 g/mol. The molecule has 1 unspecified atom stereocenters. The van der Waals surface area contributed by atoms with E-state index in [1.54, 1.807) is 17.5 Å². The summed E-state index contributed by atoms with van der Waals surface area (Å²) in [5, 5.41) is 15.8. The molecule has 4 heteroatoms. The van der Waals surface area contributed by atoms with Crippen molar-refractivity contribution in [2.75, 3.05) is 11.9 Å². The average Bonchev–Trinajstić information content (AvgIpc) is 2.74. The molecule has 0 saturated carbocycles. The van der Waals surface area contributed by atoms with Crippen molar-refractivity contribution in [3.63, 3.8) is 0 Å². The summed E-state index contributed by atoms with van der Waals surface area (Å²) in [4.78, 5) is 4.27. The lowest BCUT2D eigenvalue weighted by molar-refractivity contribution is 0.183. The van der Waals surface area contributed by atoms with Crippen molar-refractivity contribution in [2.24, 2.45) is 0 Å². The zero-order chi connectivity index (χ0) is 10.7. The van der Waals surface area contributed by atoms with Crippen LogP contribution in [0.2, 0.25) is 0 Å². The molecule has 2 rings (SSSR count). The van der Waals surface area contributed by atoms with E-state index < -0.39 is 0 Å². The van der Waals surface area contributed by atoms with Gasteiger partial charge in [-0.3, -0.25) is 0 Å². The SMILES string of the molecule is CCC(O)CNc1nccc2sccc12. The van der Waals surface area contributed by atoms with E-state index in [9.17, 15) is 5.11 Å². The van der Waals surface area contributed by atoms with Gasteiger partial charge in [-0.1, -0.05) is 6.92 Å². The maximum absolute atomic E-state index is 9.45. The van der Waals surface area contributed by atoms with Gasteiger partial charge in [0.2, 0.25) is 0 Å². The smallest absolute Gasteiger partial charge is 0.134 e. The van der Waals surface area contributed by atoms with Crippen LogP contribution in [0.25, 0.3) is 10.1 Å². The largest absolute Gasteiger partial charge is 0.391 e. The minimum absolute atomic E-state index is 0.305. The molecule has 0 fully saturated rings. The molecule has 80 valence electrons. The number of aromatic nitrogens is 1. The van der Waals surface area contributed by atoms with Crippen molar-refractivity contribution in [1.29, 1.82) is 0 Å². The van der Waals surface area contributed by atoms with Crippen LogP contribution in [0.5, 0.6) is 0 Å². The Labute approximate surface area is 92.8 Å². The Kier molecular flexibility index (Phi) is 3.18. The van der Waals surface area contributed by atoms with Crippen LogP contribution >= 0.6 is 11.3 Å². The maximum atomic E-state index is 9.45. The standard InChI is InChI=1S/C11H14N2OS/c1-2-8(14)7-13-11-9-4-6-15-10(9)3-5-12-11/h3-6,8,14H,2,7H2,1H3,(H,12,13). The molecule has 1 atom stereocenters. The van der Waals surface area contributed by atoms with Crippen LogP contribution in [0, 0.1) is 0 Å². The first-order valence-electron chi connectivity index (χ1n) is 5.05. The Bertz CT molecular complexity index is 441. The molecule has 2 N–H and O–H groups in total. The van der Waals surface area contributed by atoms with Gasteiger partial charge in [0.25, 0.3) is 0 Å². The summed E-state index contributed by atoms with van der Waals surface area (Å²) in [6, 6.07) is 4.05. The van der Waals surface area contributed by atoms with E-state index in [1.165, 1.54) is 4.70 Å². The number of anilines is 1. The highest BCUT2D eigenvalue weighted by Gasteiger charge is 2.05. The molecule has 0 amide bonds. The third-order valence-electron chi connectivity index (χ3n) is 2.36. The van der Waals surface area contributed by atoms with Crippen molar-refractivity contribution in [3.05, 3.63) is 23.7 Å². The van der Waals surface area contributed by atoms with E-state index in [2.05, 4.69) is 10.3 Å². The summed E-state index contributed by atoms with van der Waals surface area (Å²) in [6.45, 7) is 2.52. The molecule has 2 aromatic heterocycles. The molecule has 3 nitrogen and oxygen atoms in total. The maximum Gasteiger partial charge on any atom is 0.134 e. The number of aliphatic hydroxyl groups excluding tert-OH is 1. The quantitative estimate of drug-likeness (QED) is 0.835. The molecule has 2 aromatic rings. The predicted octanol–water partition coefficient (Wildman–Crippen LogP) is 2.48. The Balaban J connectivity index is 2.17. The van der Waals surface area contributed by atoms with E-state index in [0.29, 0.717) is 6.54 Å². The number of fused-ring (bicyclic) bond motifs is 1. The molecule has 0 aromatic carbocycles. The summed E-state index contributed by atoms with van der Waals surface area (Å²) in [5.41, 5.74) is 0. The number of nitrogens with zero attached hydrogens (tertiary/aromatic N) is 1. The molecule has 0 spiro atoms. The van der Waals surface area contributed by atoms with Crippen molar-refractivity contribution in [3.8, 4) is 0 Å². The minimum Gasteiger partial charge on any atom is -0.391 e. The topological polar surface area (TPSA) is 45.1 Å². The van der Waals surface area contributed by atoms with E-state index in [0.717, 1.165) is 17.6 Å². The number of rotatable bonds is 4. The van der Waals surface area contributed by atoms with Gasteiger partial charge in [-0.15, -0.1) is 11.3 Å². The first kappa shape index (κ1) is 10.4. The second-order valence-electron chi connectivity index (χ2n) is 3.43. The molecular weight excluding hydrogens is 208 g/mol. The minimum atomic E-state index is -0.305. The fourth-order valence-corrected chi connectivity index (χ4v) is 2.18. The zero-order valence-corrected chi connectivity index (χ0v) is 9.42. The fourth-order valence-electron chi connectivity index (χ4n) is 1.39. The van der Waals surface area contributed by atoms with Crippen LogP contribution in [0.15, 0.2) is 23.7 Å². The molecule has 0 aliphatic heterocycles. The number of hydrogen-bond acceptors (Lipinski definition) is 4. The fraction of sp³-hybridized carbons (Fsp3) is 0.364. The monoisotopic (exact) mass is 222 g/mol. The summed E-state index contributed by atoms with van der Waals surface area (Å²) >= 11 is 1.70. The lowest BCUT2D eigenvalue weighted by atomic mass is 10.2. The van der Waals surface area contributed by atoms with Crippen LogP contribution in [-0.4, -0.2) is 22.7 Å². The van der Waals surface area contributed by atoms with Gasteiger partial charge in [-0.2, -0.15) is 0 Å². The summed E-state index contributed by atoms with van der Waals surface area (Å²) in [6.07, 6.45) is 2.24. The third-order valence-corrected chi connectivity index (χ3v) is 3.24. The molecule has 2 heterocycles. The number of nitrogens with one attached hydrogen (secondary N) is 1. The Morgan fingerprint density at radius 2 is 2.40 bits per heavy atom. The van der Waals surface area contributed by atoms with Gasteiger partial charge in [0, 0.05) is 22.8 Å². The van der Waals surface area contributed by atoms with Crippen LogP contribution in [0.3, 0.4) is 0 Å². The first-order chi connectivity index (χ1) is 7.31. The Hall–Kier alpha value is -1.13. The molecule has 0 aliphatic carbocycles. The summed E-state index contributed by atoms with van der Waals surface area (Å²) in [5.74, 6) is 0.862. The second kappa shape index (κ2) is 4.59. The molecule has 0 radical (unpaired) electrons. The Morgan fingerprint density at radius 3 is 3.20 bits per heavy atom. The Morgan fingerprint density at radius 1 is 1.53 bits per heavy atom. The van der Waals surface area contributed by atoms with Gasteiger partial charge in [0.1, 0.15) is 5.82 Å². The number of aliphatic hydroxyl groups is 1. The van der Waals surface area contributed by atoms with E-state index in [4.69, 9.17) is 0 Å². The van der Waals surface area contributed by atoms with Gasteiger partial charge in [-0.25, -0.2) is 4.98 Å². The highest BCUT2D eigenvalue weighted by Crippen LogP contribution is 2.25. The van der Waals surface area contributed by atoms with Crippen molar-refractivity contribution in [1.82, 2.24) is 4.98 Å². The predicted molar refractivity (Wildman–Crippen MR) is 64.4 cm³/mol. The third kappa shape index (κ3) is 2.27. The van der Waals surface area contributed by atoms with Crippen LogP contribution in [0.4, 0.5) is 5.82 Å². The molecule has 0 bridgehead atoms. The van der Waals surface area contributed by atoms with Crippen molar-refractivity contribution < 1.29 is 5.11 Å².